The lowest BCUT2D eigenvalue weighted by Crippen LogP contribution is -2.29. The number of aromatic nitrogens is 1. The maximum atomic E-state index is 12.6. The predicted molar refractivity (Wildman–Crippen MR) is 109 cm³/mol. The van der Waals surface area contributed by atoms with E-state index in [9.17, 15) is 9.59 Å². The predicted octanol–water partition coefficient (Wildman–Crippen LogP) is 4.23. The van der Waals surface area contributed by atoms with E-state index in [1.54, 1.807) is 7.11 Å². The molecule has 5 nitrogen and oxygen atoms in total. The largest absolute Gasteiger partial charge is 0.385 e. The first kappa shape index (κ1) is 19.5. The van der Waals surface area contributed by atoms with Gasteiger partial charge in [-0.05, 0) is 55.3 Å². The highest BCUT2D eigenvalue weighted by atomic mass is 32.2. The summed E-state index contributed by atoms with van der Waals surface area (Å²) in [5, 5.41) is -0.208. The second-order valence-electron chi connectivity index (χ2n) is 6.58. The molecule has 0 radical (unpaired) electrons. The van der Waals surface area contributed by atoms with Crippen LogP contribution in [0.1, 0.15) is 28.9 Å². The van der Waals surface area contributed by atoms with Gasteiger partial charge >= 0.3 is 0 Å². The van der Waals surface area contributed by atoms with Crippen molar-refractivity contribution in [1.29, 1.82) is 0 Å². The van der Waals surface area contributed by atoms with Crippen molar-refractivity contribution in [2.75, 3.05) is 20.3 Å². The van der Waals surface area contributed by atoms with E-state index in [0.717, 1.165) is 35.3 Å². The summed E-state index contributed by atoms with van der Waals surface area (Å²) in [6, 6.07) is 12.3. The van der Waals surface area contributed by atoms with Crippen molar-refractivity contribution in [2.24, 2.45) is 0 Å². The molecule has 2 amide bonds. The number of carbonyl (C=O) groups is 2. The van der Waals surface area contributed by atoms with Gasteiger partial charge < -0.3 is 9.30 Å². The molecule has 0 bridgehead atoms. The molecule has 3 rings (SSSR count). The third-order valence-corrected chi connectivity index (χ3v) is 5.59. The van der Waals surface area contributed by atoms with Gasteiger partial charge in [-0.25, -0.2) is 0 Å². The zero-order chi connectivity index (χ0) is 19.4. The van der Waals surface area contributed by atoms with Crippen molar-refractivity contribution >= 4 is 29.0 Å². The van der Waals surface area contributed by atoms with Crippen LogP contribution in [0.2, 0.25) is 0 Å². The highest BCUT2D eigenvalue weighted by Gasteiger charge is 2.34. The molecule has 0 unspecified atom stereocenters. The molecule has 27 heavy (non-hydrogen) atoms. The van der Waals surface area contributed by atoms with Gasteiger partial charge in [0.15, 0.2) is 0 Å². The second kappa shape index (κ2) is 8.59. The Hall–Kier alpha value is -2.31. The summed E-state index contributed by atoms with van der Waals surface area (Å²) < 4.78 is 7.23. The average molecular weight is 385 g/mol. The monoisotopic (exact) mass is 384 g/mol. The van der Waals surface area contributed by atoms with E-state index in [0.29, 0.717) is 24.5 Å². The Morgan fingerprint density at radius 3 is 2.59 bits per heavy atom. The Bertz CT molecular complexity index is 871. The minimum atomic E-state index is -0.214. The third kappa shape index (κ3) is 4.34. The van der Waals surface area contributed by atoms with Gasteiger partial charge in [0.2, 0.25) is 0 Å². The van der Waals surface area contributed by atoms with Crippen molar-refractivity contribution in [3.63, 3.8) is 0 Å². The molecule has 0 saturated carbocycles. The molecule has 0 atom stereocenters. The quantitative estimate of drug-likeness (QED) is 0.530. The van der Waals surface area contributed by atoms with Crippen molar-refractivity contribution in [1.82, 2.24) is 9.47 Å². The summed E-state index contributed by atoms with van der Waals surface area (Å²) in [6.07, 6.45) is 2.48. The van der Waals surface area contributed by atoms with Gasteiger partial charge in [0, 0.05) is 38.2 Å². The Balaban J connectivity index is 1.80. The van der Waals surface area contributed by atoms with E-state index in [2.05, 4.69) is 29.7 Å². The lowest BCUT2D eigenvalue weighted by atomic mass is 10.2. The number of methoxy groups -OCH3 is 1. The van der Waals surface area contributed by atoms with Gasteiger partial charge in [0.1, 0.15) is 0 Å². The Morgan fingerprint density at radius 2 is 1.89 bits per heavy atom. The zero-order valence-corrected chi connectivity index (χ0v) is 16.7. The fourth-order valence-electron chi connectivity index (χ4n) is 3.18. The Morgan fingerprint density at radius 1 is 1.15 bits per heavy atom. The molecule has 1 aromatic carbocycles. The van der Waals surface area contributed by atoms with Crippen LogP contribution >= 0.6 is 11.8 Å². The molecule has 0 N–H and O–H groups in total. The maximum absolute atomic E-state index is 12.6. The van der Waals surface area contributed by atoms with Crippen LogP contribution in [0.15, 0.2) is 41.3 Å². The molecule has 2 aromatic rings. The van der Waals surface area contributed by atoms with Crippen LogP contribution in [0, 0.1) is 13.8 Å². The molecule has 1 aliphatic rings. The zero-order valence-electron chi connectivity index (χ0n) is 15.9. The van der Waals surface area contributed by atoms with Gasteiger partial charge in [-0.3, -0.25) is 14.5 Å². The number of hydrogen-bond donors (Lipinski definition) is 0. The van der Waals surface area contributed by atoms with E-state index >= 15 is 0 Å². The number of hydrogen-bond acceptors (Lipinski definition) is 4. The lowest BCUT2D eigenvalue weighted by Gasteiger charge is -2.11. The van der Waals surface area contributed by atoms with E-state index in [1.165, 1.54) is 10.5 Å². The topological polar surface area (TPSA) is 51.5 Å². The number of nitrogens with zero attached hydrogens (tertiary/aromatic N) is 2. The summed E-state index contributed by atoms with van der Waals surface area (Å²) >= 11 is 1.01. The number of imide groups is 1. The standard InChI is InChI=1S/C21H24N2O3S/c1-15-12-18(16(2)23(15)14-17-8-5-4-6-9-17)13-19-20(24)22(21(25)27-19)10-7-11-26-3/h4-6,8-9,12-13H,7,10-11,14H2,1-3H3/b19-13+. The highest BCUT2D eigenvalue weighted by molar-refractivity contribution is 8.18. The minimum absolute atomic E-state index is 0.208. The van der Waals surface area contributed by atoms with E-state index in [-0.39, 0.29) is 11.1 Å². The maximum Gasteiger partial charge on any atom is 0.293 e. The van der Waals surface area contributed by atoms with Gasteiger partial charge in [0.25, 0.3) is 11.1 Å². The summed E-state index contributed by atoms with van der Waals surface area (Å²) in [7, 11) is 1.61. The first-order chi connectivity index (χ1) is 13.0. The van der Waals surface area contributed by atoms with Crippen molar-refractivity contribution in [2.45, 2.75) is 26.8 Å². The second-order valence-corrected chi connectivity index (χ2v) is 7.57. The molecule has 1 fully saturated rings. The fourth-order valence-corrected chi connectivity index (χ4v) is 4.04. The summed E-state index contributed by atoms with van der Waals surface area (Å²) in [4.78, 5) is 26.5. The first-order valence-corrected chi connectivity index (χ1v) is 9.78. The van der Waals surface area contributed by atoms with Gasteiger partial charge in [0.05, 0.1) is 4.91 Å². The third-order valence-electron chi connectivity index (χ3n) is 4.69. The molecule has 0 aliphatic carbocycles. The van der Waals surface area contributed by atoms with Gasteiger partial charge in [-0.2, -0.15) is 0 Å². The van der Waals surface area contributed by atoms with Gasteiger partial charge in [-0.15, -0.1) is 0 Å². The molecule has 1 aromatic heterocycles. The first-order valence-electron chi connectivity index (χ1n) is 8.96. The van der Waals surface area contributed by atoms with Crippen LogP contribution in [0.3, 0.4) is 0 Å². The van der Waals surface area contributed by atoms with Crippen molar-refractivity contribution in [3.05, 3.63) is 63.8 Å². The lowest BCUT2D eigenvalue weighted by molar-refractivity contribution is -0.122. The molecular weight excluding hydrogens is 360 g/mol. The molecule has 1 saturated heterocycles. The summed E-state index contributed by atoms with van der Waals surface area (Å²) in [5.74, 6) is -0.214. The molecule has 2 heterocycles. The van der Waals surface area contributed by atoms with Crippen molar-refractivity contribution < 1.29 is 14.3 Å². The van der Waals surface area contributed by atoms with E-state index in [1.807, 2.05) is 31.2 Å². The minimum Gasteiger partial charge on any atom is -0.385 e. The number of benzene rings is 1. The Kier molecular flexibility index (Phi) is 6.19. The highest BCUT2D eigenvalue weighted by Crippen LogP contribution is 2.33. The van der Waals surface area contributed by atoms with Crippen LogP contribution < -0.4 is 0 Å². The molecular formula is C21H24N2O3S. The number of ether oxygens (including phenoxy) is 1. The number of amides is 2. The van der Waals surface area contributed by atoms with E-state index in [4.69, 9.17) is 4.74 Å². The van der Waals surface area contributed by atoms with Crippen LogP contribution in [0.4, 0.5) is 4.79 Å². The van der Waals surface area contributed by atoms with Crippen molar-refractivity contribution in [3.8, 4) is 0 Å². The fraction of sp³-hybridized carbons (Fsp3) is 0.333. The van der Waals surface area contributed by atoms with Gasteiger partial charge in [-0.1, -0.05) is 30.3 Å². The SMILES string of the molecule is COCCCN1C(=O)S/C(=C/c2cc(C)n(Cc3ccccc3)c2C)C1=O. The van der Waals surface area contributed by atoms with Crippen LogP contribution in [0.25, 0.3) is 6.08 Å². The molecule has 0 spiro atoms. The number of carbonyl (C=O) groups excluding carboxylic acids is 2. The number of rotatable bonds is 7. The summed E-state index contributed by atoms with van der Waals surface area (Å²) in [6.45, 7) is 5.81. The Labute approximate surface area is 164 Å². The average Bonchev–Trinajstić information content (AvgIpc) is 3.07. The van der Waals surface area contributed by atoms with Crippen LogP contribution in [-0.2, 0) is 16.1 Å². The molecule has 6 heteroatoms. The molecule has 142 valence electrons. The normalized spacial score (nSPS) is 16.0. The molecule has 1 aliphatic heterocycles. The smallest absolute Gasteiger partial charge is 0.293 e. The van der Waals surface area contributed by atoms with Crippen LogP contribution in [0.5, 0.6) is 0 Å². The number of thioether (sulfide) groups is 1. The van der Waals surface area contributed by atoms with Crippen LogP contribution in [-0.4, -0.2) is 40.9 Å². The number of aryl methyl sites for hydroxylation is 1. The van der Waals surface area contributed by atoms with E-state index < -0.39 is 0 Å². The summed E-state index contributed by atoms with van der Waals surface area (Å²) in [5.41, 5.74) is 4.42.